The smallest absolute Gasteiger partial charge is 0.282 e. The van der Waals surface area contributed by atoms with Crippen LogP contribution in [0.3, 0.4) is 0 Å². The number of rotatable bonds is 3. The monoisotopic (exact) mass is 448 g/mol. The first-order valence-electron chi connectivity index (χ1n) is 10.0. The van der Waals surface area contributed by atoms with E-state index in [1.54, 1.807) is 6.21 Å². The van der Waals surface area contributed by atoms with Crippen LogP contribution in [0.1, 0.15) is 49.4 Å². The van der Waals surface area contributed by atoms with E-state index in [2.05, 4.69) is 26.0 Å². The van der Waals surface area contributed by atoms with Gasteiger partial charge in [0.2, 0.25) is 0 Å². The molecule has 5 nitrogen and oxygen atoms in total. The summed E-state index contributed by atoms with van der Waals surface area (Å²) in [6.45, 7) is 0. The summed E-state index contributed by atoms with van der Waals surface area (Å²) in [6, 6.07) is 13.7. The quantitative estimate of drug-likeness (QED) is 0.416. The number of para-hydroxylation sites is 1. The van der Waals surface area contributed by atoms with Crippen LogP contribution in [0.2, 0.25) is 0 Å². The zero-order valence-electron chi connectivity index (χ0n) is 15.9. The molecule has 0 spiro atoms. The lowest BCUT2D eigenvalue weighted by atomic mass is 9.88. The summed E-state index contributed by atoms with van der Waals surface area (Å²) in [6.07, 6.45) is 9.38. The number of aromatic nitrogens is 3. The molecule has 0 atom stereocenters. The van der Waals surface area contributed by atoms with Crippen molar-refractivity contribution < 1.29 is 0 Å². The van der Waals surface area contributed by atoms with E-state index in [9.17, 15) is 4.79 Å². The van der Waals surface area contributed by atoms with Gasteiger partial charge in [-0.1, -0.05) is 53.4 Å². The van der Waals surface area contributed by atoms with Crippen molar-refractivity contribution in [1.29, 1.82) is 0 Å². The molecule has 2 heterocycles. The number of aromatic amines is 1. The van der Waals surface area contributed by atoms with E-state index in [-0.39, 0.29) is 11.5 Å². The van der Waals surface area contributed by atoms with E-state index >= 15 is 0 Å². The number of fused-ring (bicyclic) bond motifs is 2. The maximum absolute atomic E-state index is 13.3. The van der Waals surface area contributed by atoms with Gasteiger partial charge in [0.1, 0.15) is 5.82 Å². The van der Waals surface area contributed by atoms with E-state index in [0.717, 1.165) is 45.1 Å². The molecule has 6 heteroatoms. The number of H-pyrrole nitrogens is 1. The normalized spacial score (nSPS) is 15.6. The molecule has 1 N–H and O–H groups in total. The van der Waals surface area contributed by atoms with Gasteiger partial charge < -0.3 is 4.98 Å². The molecular weight excluding hydrogens is 428 g/mol. The Bertz CT molecular complexity index is 1280. The Balaban J connectivity index is 1.67. The molecule has 0 amide bonds. The Morgan fingerprint density at radius 3 is 2.79 bits per heavy atom. The molecule has 1 aliphatic rings. The predicted molar refractivity (Wildman–Crippen MR) is 121 cm³/mol. The van der Waals surface area contributed by atoms with Crippen LogP contribution in [-0.4, -0.2) is 20.9 Å². The molecule has 146 valence electrons. The second kappa shape index (κ2) is 7.59. The fraction of sp³-hybridized carbons (Fsp3) is 0.261. The third-order valence-corrected chi connectivity index (χ3v) is 6.23. The van der Waals surface area contributed by atoms with E-state index < -0.39 is 0 Å². The summed E-state index contributed by atoms with van der Waals surface area (Å²) in [7, 11) is 0. The molecule has 0 bridgehead atoms. The van der Waals surface area contributed by atoms with Gasteiger partial charge in [-0.05, 0) is 37.1 Å². The topological polar surface area (TPSA) is 63.0 Å². The molecule has 0 unspecified atom stereocenters. The van der Waals surface area contributed by atoms with Crippen LogP contribution in [0.4, 0.5) is 0 Å². The Hall–Kier alpha value is -2.73. The van der Waals surface area contributed by atoms with Crippen molar-refractivity contribution in [3.05, 3.63) is 74.9 Å². The Kier molecular flexibility index (Phi) is 4.79. The highest BCUT2D eigenvalue weighted by molar-refractivity contribution is 9.10. The summed E-state index contributed by atoms with van der Waals surface area (Å²) in [5.74, 6) is 1.05. The lowest BCUT2D eigenvalue weighted by Gasteiger charge is -2.22. The number of nitrogens with zero attached hydrogens (tertiary/aromatic N) is 3. The SMILES string of the molecule is O=c1c2cc(Br)ccc2nc(C2CCCCC2)n1N=Cc1c[nH]c2ccccc12. The first-order chi connectivity index (χ1) is 14.2. The molecule has 5 rings (SSSR count). The summed E-state index contributed by atoms with van der Waals surface area (Å²) in [5.41, 5.74) is 2.62. The molecule has 4 aromatic rings. The average molecular weight is 449 g/mol. The zero-order valence-corrected chi connectivity index (χ0v) is 17.5. The molecular formula is C23H21BrN4O. The number of hydrogen-bond donors (Lipinski definition) is 1. The molecule has 1 saturated carbocycles. The predicted octanol–water partition coefficient (Wildman–Crippen LogP) is 5.57. The van der Waals surface area contributed by atoms with Gasteiger partial charge in [-0.3, -0.25) is 4.79 Å². The summed E-state index contributed by atoms with van der Waals surface area (Å²) in [5, 5.41) is 6.30. The van der Waals surface area contributed by atoms with Crippen molar-refractivity contribution in [2.45, 2.75) is 38.0 Å². The van der Waals surface area contributed by atoms with Crippen LogP contribution in [0.15, 0.2) is 63.0 Å². The fourth-order valence-electron chi connectivity index (χ4n) is 4.22. The highest BCUT2D eigenvalue weighted by Crippen LogP contribution is 2.32. The summed E-state index contributed by atoms with van der Waals surface area (Å²) < 4.78 is 2.38. The highest BCUT2D eigenvalue weighted by Gasteiger charge is 2.22. The van der Waals surface area contributed by atoms with Crippen LogP contribution in [-0.2, 0) is 0 Å². The van der Waals surface area contributed by atoms with E-state index in [0.29, 0.717) is 5.39 Å². The van der Waals surface area contributed by atoms with Gasteiger partial charge in [0.15, 0.2) is 0 Å². The van der Waals surface area contributed by atoms with E-state index in [1.165, 1.54) is 23.9 Å². The number of benzene rings is 2. The lowest BCUT2D eigenvalue weighted by molar-refractivity contribution is 0.416. The fourth-order valence-corrected chi connectivity index (χ4v) is 4.58. The van der Waals surface area contributed by atoms with Gasteiger partial charge in [-0.25, -0.2) is 4.98 Å². The first-order valence-corrected chi connectivity index (χ1v) is 10.8. The van der Waals surface area contributed by atoms with E-state index in [1.807, 2.05) is 48.7 Å². The largest absolute Gasteiger partial charge is 0.361 e. The van der Waals surface area contributed by atoms with Gasteiger partial charge in [0.05, 0.1) is 17.1 Å². The standard InChI is InChI=1S/C23H21BrN4O/c24-17-10-11-21-19(12-17)23(29)28(22(27-21)15-6-2-1-3-7-15)26-14-16-13-25-20-9-5-4-8-18(16)20/h4-5,8-15,25H,1-3,6-7H2. The maximum atomic E-state index is 13.3. The minimum atomic E-state index is -0.118. The average Bonchev–Trinajstić information content (AvgIpc) is 3.17. The van der Waals surface area contributed by atoms with Crippen LogP contribution in [0, 0.1) is 0 Å². The van der Waals surface area contributed by atoms with Gasteiger partial charge in [0, 0.05) is 33.1 Å². The Morgan fingerprint density at radius 1 is 1.10 bits per heavy atom. The van der Waals surface area contributed by atoms with Crippen LogP contribution >= 0.6 is 15.9 Å². The van der Waals surface area contributed by atoms with Gasteiger partial charge >= 0.3 is 0 Å². The maximum Gasteiger partial charge on any atom is 0.282 e. The van der Waals surface area contributed by atoms with Crippen molar-refractivity contribution in [1.82, 2.24) is 14.6 Å². The number of nitrogens with one attached hydrogen (secondary N) is 1. The van der Waals surface area contributed by atoms with Crippen molar-refractivity contribution in [3.8, 4) is 0 Å². The second-order valence-corrected chi connectivity index (χ2v) is 8.53. The molecule has 0 radical (unpaired) electrons. The molecule has 2 aromatic carbocycles. The van der Waals surface area contributed by atoms with Crippen molar-refractivity contribution in [2.24, 2.45) is 5.10 Å². The van der Waals surface area contributed by atoms with Gasteiger partial charge in [-0.2, -0.15) is 9.78 Å². The summed E-state index contributed by atoms with van der Waals surface area (Å²) in [4.78, 5) is 21.5. The molecule has 0 aliphatic heterocycles. The molecule has 0 saturated heterocycles. The van der Waals surface area contributed by atoms with Crippen LogP contribution in [0.25, 0.3) is 21.8 Å². The number of halogens is 1. The minimum Gasteiger partial charge on any atom is -0.361 e. The van der Waals surface area contributed by atoms with Crippen LogP contribution in [0.5, 0.6) is 0 Å². The second-order valence-electron chi connectivity index (χ2n) is 7.62. The number of hydrogen-bond acceptors (Lipinski definition) is 3. The summed E-state index contributed by atoms with van der Waals surface area (Å²) >= 11 is 3.47. The lowest BCUT2D eigenvalue weighted by Crippen LogP contribution is -2.25. The first kappa shape index (κ1) is 18.3. The van der Waals surface area contributed by atoms with E-state index in [4.69, 9.17) is 4.98 Å². The molecule has 1 aliphatic carbocycles. The third-order valence-electron chi connectivity index (χ3n) is 5.74. The van der Waals surface area contributed by atoms with Gasteiger partial charge in [-0.15, -0.1) is 0 Å². The molecule has 2 aromatic heterocycles. The highest BCUT2D eigenvalue weighted by atomic mass is 79.9. The minimum absolute atomic E-state index is 0.118. The van der Waals surface area contributed by atoms with Crippen molar-refractivity contribution in [2.75, 3.05) is 0 Å². The zero-order chi connectivity index (χ0) is 19.8. The molecule has 1 fully saturated rings. The van der Waals surface area contributed by atoms with Crippen molar-refractivity contribution >= 4 is 44.0 Å². The molecule has 29 heavy (non-hydrogen) atoms. The van der Waals surface area contributed by atoms with Crippen molar-refractivity contribution in [3.63, 3.8) is 0 Å². The van der Waals surface area contributed by atoms with Crippen LogP contribution < -0.4 is 5.56 Å². The Morgan fingerprint density at radius 2 is 1.93 bits per heavy atom. The third kappa shape index (κ3) is 3.42. The van der Waals surface area contributed by atoms with Gasteiger partial charge in [0.25, 0.3) is 5.56 Å². The Labute approximate surface area is 176 Å².